The van der Waals surface area contributed by atoms with E-state index in [1.165, 1.54) is 0 Å². The third-order valence-corrected chi connectivity index (χ3v) is 6.27. The van der Waals surface area contributed by atoms with E-state index in [2.05, 4.69) is 5.32 Å². The quantitative estimate of drug-likeness (QED) is 0.335. The van der Waals surface area contributed by atoms with Crippen LogP contribution in [0.4, 0.5) is 0 Å². The van der Waals surface area contributed by atoms with Crippen molar-refractivity contribution >= 4 is 35.0 Å². The van der Waals surface area contributed by atoms with Crippen molar-refractivity contribution in [3.63, 3.8) is 0 Å². The van der Waals surface area contributed by atoms with E-state index in [0.717, 1.165) is 16.7 Å². The number of aryl methyl sites for hydroxylation is 2. The van der Waals surface area contributed by atoms with Gasteiger partial charge in [0.25, 0.3) is 5.91 Å². The predicted octanol–water partition coefficient (Wildman–Crippen LogP) is 6.54. The van der Waals surface area contributed by atoms with Crippen molar-refractivity contribution in [2.24, 2.45) is 0 Å². The summed E-state index contributed by atoms with van der Waals surface area (Å²) in [6.07, 6.45) is 0.337. The van der Waals surface area contributed by atoms with Gasteiger partial charge in [0.1, 0.15) is 11.8 Å². The smallest absolute Gasteiger partial charge is 0.261 e. The Morgan fingerprint density at radius 3 is 2.19 bits per heavy atom. The number of amides is 2. The number of rotatable bonds is 9. The van der Waals surface area contributed by atoms with E-state index in [0.29, 0.717) is 27.8 Å². The lowest BCUT2D eigenvalue weighted by atomic mass is 10.0. The molecule has 0 aliphatic heterocycles. The van der Waals surface area contributed by atoms with Gasteiger partial charge in [0.05, 0.1) is 0 Å². The van der Waals surface area contributed by atoms with Gasteiger partial charge in [-0.1, -0.05) is 65.7 Å². The lowest BCUT2D eigenvalue weighted by molar-refractivity contribution is -0.143. The van der Waals surface area contributed by atoms with Crippen LogP contribution in [-0.4, -0.2) is 34.9 Å². The molecule has 0 aliphatic carbocycles. The van der Waals surface area contributed by atoms with E-state index in [-0.39, 0.29) is 25.0 Å². The number of ether oxygens (including phenoxy) is 1. The Hall–Kier alpha value is -3.02. The molecule has 0 saturated heterocycles. The third kappa shape index (κ3) is 8.80. The highest BCUT2D eigenvalue weighted by molar-refractivity contribution is 6.35. The fraction of sp³-hybridized carbons (Fsp3) is 0.333. The summed E-state index contributed by atoms with van der Waals surface area (Å²) in [7, 11) is 0. The Kier molecular flexibility index (Phi) is 9.63. The highest BCUT2D eigenvalue weighted by Gasteiger charge is 2.32. The zero-order chi connectivity index (χ0) is 27.2. The minimum absolute atomic E-state index is 0.125. The number of hydrogen-bond donors (Lipinski definition) is 1. The van der Waals surface area contributed by atoms with Crippen LogP contribution in [0.25, 0.3) is 0 Å². The van der Waals surface area contributed by atoms with Gasteiger partial charge < -0.3 is 15.0 Å². The van der Waals surface area contributed by atoms with Gasteiger partial charge >= 0.3 is 0 Å². The lowest BCUT2D eigenvalue weighted by Crippen LogP contribution is -2.55. The summed E-state index contributed by atoms with van der Waals surface area (Å²) in [6.45, 7) is 9.59. The molecule has 37 heavy (non-hydrogen) atoms. The number of hydrogen-bond acceptors (Lipinski definition) is 3. The van der Waals surface area contributed by atoms with Crippen molar-refractivity contribution in [2.45, 2.75) is 59.2 Å². The van der Waals surface area contributed by atoms with E-state index >= 15 is 0 Å². The fourth-order valence-corrected chi connectivity index (χ4v) is 4.55. The molecule has 1 N–H and O–H groups in total. The maximum atomic E-state index is 13.7. The first-order valence-electron chi connectivity index (χ1n) is 12.2. The number of carbonyl (C=O) groups is 2. The van der Waals surface area contributed by atoms with Gasteiger partial charge in [-0.15, -0.1) is 0 Å². The molecule has 2 amide bonds. The van der Waals surface area contributed by atoms with E-state index in [4.69, 9.17) is 27.9 Å². The second kappa shape index (κ2) is 12.5. The zero-order valence-electron chi connectivity index (χ0n) is 22.0. The Labute approximate surface area is 229 Å². The highest BCUT2D eigenvalue weighted by atomic mass is 35.5. The van der Waals surface area contributed by atoms with Crippen LogP contribution >= 0.6 is 23.2 Å². The van der Waals surface area contributed by atoms with Crippen LogP contribution in [0.5, 0.6) is 5.75 Å². The monoisotopic (exact) mass is 540 g/mol. The van der Waals surface area contributed by atoms with Gasteiger partial charge in [0.2, 0.25) is 5.91 Å². The molecule has 0 spiro atoms. The van der Waals surface area contributed by atoms with Gasteiger partial charge in [-0.25, -0.2) is 0 Å². The van der Waals surface area contributed by atoms with Crippen LogP contribution in [0, 0.1) is 13.8 Å². The second-order valence-electron chi connectivity index (χ2n) is 10.3. The van der Waals surface area contributed by atoms with Gasteiger partial charge in [-0.2, -0.15) is 0 Å². The van der Waals surface area contributed by atoms with Crippen LogP contribution in [0.2, 0.25) is 10.0 Å². The molecule has 3 rings (SSSR count). The van der Waals surface area contributed by atoms with Gasteiger partial charge in [-0.05, 0) is 81.1 Å². The molecule has 5 nitrogen and oxygen atoms in total. The van der Waals surface area contributed by atoms with Crippen molar-refractivity contribution in [2.75, 3.05) is 6.61 Å². The molecule has 0 unspecified atom stereocenters. The second-order valence-corrected chi connectivity index (χ2v) is 11.2. The molecule has 0 aromatic heterocycles. The molecule has 3 aromatic rings. The molecule has 3 aromatic carbocycles. The molecule has 0 heterocycles. The van der Waals surface area contributed by atoms with Gasteiger partial charge in [0, 0.05) is 28.5 Å². The van der Waals surface area contributed by atoms with Crippen LogP contribution in [0.15, 0.2) is 66.7 Å². The van der Waals surface area contributed by atoms with Crippen LogP contribution in [-0.2, 0) is 22.6 Å². The van der Waals surface area contributed by atoms with Crippen molar-refractivity contribution in [1.82, 2.24) is 10.2 Å². The average Bonchev–Trinajstić information content (AvgIpc) is 2.80. The lowest BCUT2D eigenvalue weighted by Gasteiger charge is -2.34. The molecule has 0 fully saturated rings. The van der Waals surface area contributed by atoms with E-state index in [1.54, 1.807) is 23.1 Å². The molecule has 0 saturated carbocycles. The first kappa shape index (κ1) is 28.5. The molecule has 7 heteroatoms. The minimum atomic E-state index is -0.788. The van der Waals surface area contributed by atoms with Crippen molar-refractivity contribution in [3.05, 3.63) is 99.0 Å². The number of carbonyl (C=O) groups excluding carboxylic acids is 2. The van der Waals surface area contributed by atoms with E-state index in [9.17, 15) is 9.59 Å². The van der Waals surface area contributed by atoms with Gasteiger partial charge in [-0.3, -0.25) is 9.59 Å². The number of benzene rings is 3. The SMILES string of the molecule is Cc1cc(C)cc(OCC(=O)N(Cc2ccc(Cl)cc2Cl)[C@H](Cc2ccccc2)C(=O)NC(C)(C)C)c1. The molecular formula is C30H34Cl2N2O3. The third-order valence-electron chi connectivity index (χ3n) is 5.68. The minimum Gasteiger partial charge on any atom is -0.484 e. The molecule has 0 bridgehead atoms. The Morgan fingerprint density at radius 1 is 0.946 bits per heavy atom. The van der Waals surface area contributed by atoms with Crippen LogP contribution < -0.4 is 10.1 Å². The number of nitrogens with one attached hydrogen (secondary N) is 1. The molecule has 1 atom stereocenters. The Balaban J connectivity index is 1.97. The number of nitrogens with zero attached hydrogens (tertiary/aromatic N) is 1. The summed E-state index contributed by atoms with van der Waals surface area (Å²) in [5.41, 5.74) is 3.23. The van der Waals surface area contributed by atoms with Gasteiger partial charge in [0.15, 0.2) is 6.61 Å². The first-order valence-corrected chi connectivity index (χ1v) is 13.0. The maximum Gasteiger partial charge on any atom is 0.261 e. The molecular weight excluding hydrogens is 507 g/mol. The predicted molar refractivity (Wildman–Crippen MR) is 150 cm³/mol. The summed E-state index contributed by atoms with van der Waals surface area (Å²) in [6, 6.07) is 19.8. The highest BCUT2D eigenvalue weighted by Crippen LogP contribution is 2.25. The Morgan fingerprint density at radius 2 is 1.59 bits per heavy atom. The molecule has 0 aliphatic rings. The van der Waals surface area contributed by atoms with Crippen molar-refractivity contribution in [3.8, 4) is 5.75 Å². The fourth-order valence-electron chi connectivity index (χ4n) is 4.08. The first-order chi connectivity index (χ1) is 17.4. The van der Waals surface area contributed by atoms with E-state index < -0.39 is 11.6 Å². The standard InChI is InChI=1S/C30H34Cl2N2O3/c1-20-13-21(2)15-25(14-20)37-19-28(35)34(18-23-11-12-24(31)17-26(23)32)27(29(36)33-30(3,4)5)16-22-9-7-6-8-10-22/h6-15,17,27H,16,18-19H2,1-5H3,(H,33,36)/t27-/m1/s1. The topological polar surface area (TPSA) is 58.6 Å². The summed E-state index contributed by atoms with van der Waals surface area (Å²) < 4.78 is 5.90. The normalized spacial score (nSPS) is 12.1. The van der Waals surface area contributed by atoms with E-state index in [1.807, 2.05) is 83.1 Å². The average molecular weight is 542 g/mol. The van der Waals surface area contributed by atoms with Crippen molar-refractivity contribution in [1.29, 1.82) is 0 Å². The largest absolute Gasteiger partial charge is 0.484 e. The summed E-state index contributed by atoms with van der Waals surface area (Å²) in [5.74, 6) is 0.0328. The van der Waals surface area contributed by atoms with Crippen LogP contribution in [0.3, 0.4) is 0 Å². The molecule has 0 radical (unpaired) electrons. The zero-order valence-corrected chi connectivity index (χ0v) is 23.5. The maximum absolute atomic E-state index is 13.7. The molecule has 196 valence electrons. The Bertz CT molecular complexity index is 1220. The number of halogens is 2. The summed E-state index contributed by atoms with van der Waals surface area (Å²) >= 11 is 12.6. The van der Waals surface area contributed by atoms with Crippen molar-refractivity contribution < 1.29 is 14.3 Å². The summed E-state index contributed by atoms with van der Waals surface area (Å²) in [5, 5.41) is 3.97. The summed E-state index contributed by atoms with van der Waals surface area (Å²) in [4.78, 5) is 28.9. The van der Waals surface area contributed by atoms with Crippen LogP contribution in [0.1, 0.15) is 43.0 Å².